The third-order valence-corrected chi connectivity index (χ3v) is 6.16. The second kappa shape index (κ2) is 7.39. The van der Waals surface area contributed by atoms with Crippen molar-refractivity contribution >= 4 is 6.09 Å². The zero-order chi connectivity index (χ0) is 18.9. The van der Waals surface area contributed by atoms with Crippen LogP contribution in [-0.4, -0.2) is 35.2 Å². The van der Waals surface area contributed by atoms with E-state index in [2.05, 4.69) is 42.2 Å². The monoisotopic (exact) mass is 367 g/mol. The second-order valence-electron chi connectivity index (χ2n) is 8.19. The molecule has 5 heteroatoms. The summed E-state index contributed by atoms with van der Waals surface area (Å²) in [5.41, 5.74) is 2.67. The number of carbonyl (C=O) groups is 1. The van der Waals surface area contributed by atoms with E-state index in [0.29, 0.717) is 18.7 Å². The van der Waals surface area contributed by atoms with E-state index in [9.17, 15) is 4.79 Å². The molecule has 2 aliphatic heterocycles. The third kappa shape index (κ3) is 3.61. The molecule has 5 nitrogen and oxygen atoms in total. The van der Waals surface area contributed by atoms with Crippen molar-refractivity contribution in [3.8, 4) is 0 Å². The van der Waals surface area contributed by atoms with Crippen molar-refractivity contribution in [2.45, 2.75) is 45.4 Å². The summed E-state index contributed by atoms with van der Waals surface area (Å²) >= 11 is 0. The van der Waals surface area contributed by atoms with Gasteiger partial charge in [-0.2, -0.15) is 0 Å². The number of hydrogen-bond donors (Lipinski definition) is 1. The van der Waals surface area contributed by atoms with Crippen molar-refractivity contribution in [3.63, 3.8) is 0 Å². The molecule has 2 aromatic rings. The molecule has 144 valence electrons. The summed E-state index contributed by atoms with van der Waals surface area (Å²) < 4.78 is 7.76. The maximum atomic E-state index is 12.4. The van der Waals surface area contributed by atoms with Gasteiger partial charge >= 0.3 is 6.09 Å². The number of nitrogens with one attached hydrogen (secondary N) is 1. The van der Waals surface area contributed by atoms with Crippen LogP contribution in [0.3, 0.4) is 0 Å². The molecule has 1 N–H and O–H groups in total. The fraction of sp³-hybridized carbons (Fsp3) is 0.500. The minimum absolute atomic E-state index is 0.191. The van der Waals surface area contributed by atoms with Gasteiger partial charge in [0.05, 0.1) is 0 Å². The van der Waals surface area contributed by atoms with E-state index < -0.39 is 0 Å². The molecule has 4 rings (SSSR count). The Labute approximate surface area is 161 Å². The van der Waals surface area contributed by atoms with Crippen LogP contribution >= 0.6 is 0 Å². The van der Waals surface area contributed by atoms with Crippen molar-refractivity contribution in [3.05, 3.63) is 59.9 Å². The largest absolute Gasteiger partial charge is 0.445 e. The SMILES string of the molecule is CC(C)n1ccc([C@H]2NCC23CCN(C(=O)OCc2ccccc2)CC3)c1. The molecule has 0 bridgehead atoms. The lowest BCUT2D eigenvalue weighted by molar-refractivity contribution is 0.0000628. The van der Waals surface area contributed by atoms with Crippen LogP contribution in [0, 0.1) is 5.41 Å². The minimum atomic E-state index is -0.191. The van der Waals surface area contributed by atoms with Crippen LogP contribution in [0.15, 0.2) is 48.8 Å². The predicted octanol–water partition coefficient (Wildman–Crippen LogP) is 4.13. The molecule has 1 aromatic heterocycles. The normalized spacial score (nSPS) is 21.3. The first-order valence-corrected chi connectivity index (χ1v) is 9.94. The summed E-state index contributed by atoms with van der Waals surface area (Å²) in [6.07, 6.45) is 6.30. The molecule has 0 saturated carbocycles. The van der Waals surface area contributed by atoms with E-state index in [4.69, 9.17) is 4.74 Å². The number of carbonyl (C=O) groups excluding carboxylic acids is 1. The summed E-state index contributed by atoms with van der Waals surface area (Å²) in [4.78, 5) is 14.3. The molecule has 0 aliphatic carbocycles. The van der Waals surface area contributed by atoms with E-state index in [-0.39, 0.29) is 11.5 Å². The van der Waals surface area contributed by atoms with Crippen molar-refractivity contribution in [2.75, 3.05) is 19.6 Å². The molecule has 2 saturated heterocycles. The number of benzene rings is 1. The molecular formula is C22H29N3O2. The molecule has 1 aromatic carbocycles. The Morgan fingerprint density at radius 2 is 1.96 bits per heavy atom. The molecule has 1 spiro atoms. The van der Waals surface area contributed by atoms with Gasteiger partial charge in [-0.15, -0.1) is 0 Å². The number of nitrogens with zero attached hydrogens (tertiary/aromatic N) is 2. The Kier molecular flexibility index (Phi) is 4.96. The van der Waals surface area contributed by atoms with Crippen LogP contribution in [0.25, 0.3) is 0 Å². The smallest absolute Gasteiger partial charge is 0.410 e. The third-order valence-electron chi connectivity index (χ3n) is 6.16. The highest BCUT2D eigenvalue weighted by molar-refractivity contribution is 5.67. The number of piperidine rings is 1. The van der Waals surface area contributed by atoms with Crippen LogP contribution in [0.5, 0.6) is 0 Å². The standard InChI is InChI=1S/C22H29N3O2/c1-17(2)25-11-8-19(14-25)20-22(16-23-20)9-12-24(13-10-22)21(26)27-15-18-6-4-3-5-7-18/h3-8,11,14,17,20,23H,9-10,12-13,15-16H2,1-2H3/t20-/m1/s1. The molecular weight excluding hydrogens is 338 g/mol. The highest BCUT2D eigenvalue weighted by atomic mass is 16.6. The van der Waals surface area contributed by atoms with Gasteiger partial charge in [0.2, 0.25) is 0 Å². The van der Waals surface area contributed by atoms with Crippen molar-refractivity contribution in [2.24, 2.45) is 5.41 Å². The lowest BCUT2D eigenvalue weighted by atomic mass is 9.65. The molecule has 2 aliphatic rings. The van der Waals surface area contributed by atoms with Crippen LogP contribution in [0.1, 0.15) is 49.9 Å². The molecule has 2 fully saturated rings. The zero-order valence-electron chi connectivity index (χ0n) is 16.2. The van der Waals surface area contributed by atoms with Crippen LogP contribution in [0.4, 0.5) is 4.79 Å². The summed E-state index contributed by atoms with van der Waals surface area (Å²) in [6.45, 7) is 7.33. The first-order chi connectivity index (χ1) is 13.1. The fourth-order valence-electron chi connectivity index (χ4n) is 4.30. The quantitative estimate of drug-likeness (QED) is 0.884. The number of amides is 1. The summed E-state index contributed by atoms with van der Waals surface area (Å²) in [7, 11) is 0. The molecule has 0 unspecified atom stereocenters. The number of aromatic nitrogens is 1. The van der Waals surface area contributed by atoms with Crippen LogP contribution < -0.4 is 5.32 Å². The van der Waals surface area contributed by atoms with E-state index in [1.54, 1.807) is 0 Å². The van der Waals surface area contributed by atoms with Crippen LogP contribution in [-0.2, 0) is 11.3 Å². The predicted molar refractivity (Wildman–Crippen MR) is 105 cm³/mol. The highest BCUT2D eigenvalue weighted by Gasteiger charge is 2.49. The minimum Gasteiger partial charge on any atom is -0.445 e. The van der Waals surface area contributed by atoms with Crippen LogP contribution in [0.2, 0.25) is 0 Å². The van der Waals surface area contributed by atoms with Crippen molar-refractivity contribution < 1.29 is 9.53 Å². The molecule has 3 heterocycles. The van der Waals surface area contributed by atoms with Gasteiger partial charge in [-0.1, -0.05) is 30.3 Å². The molecule has 1 atom stereocenters. The van der Waals surface area contributed by atoms with Gasteiger partial charge in [0.15, 0.2) is 0 Å². The number of rotatable bonds is 4. The van der Waals surface area contributed by atoms with E-state index in [1.165, 1.54) is 5.56 Å². The van der Waals surface area contributed by atoms with Gasteiger partial charge in [-0.25, -0.2) is 4.79 Å². The fourth-order valence-corrected chi connectivity index (χ4v) is 4.30. The van der Waals surface area contributed by atoms with Crippen molar-refractivity contribution in [1.29, 1.82) is 0 Å². The first kappa shape index (κ1) is 18.1. The van der Waals surface area contributed by atoms with Crippen molar-refractivity contribution in [1.82, 2.24) is 14.8 Å². The summed E-state index contributed by atoms with van der Waals surface area (Å²) in [5.74, 6) is 0. The van der Waals surface area contributed by atoms with E-state index in [1.807, 2.05) is 35.2 Å². The van der Waals surface area contributed by atoms with Gasteiger partial charge in [0, 0.05) is 49.5 Å². The van der Waals surface area contributed by atoms with Gasteiger partial charge < -0.3 is 19.5 Å². The Morgan fingerprint density at radius 3 is 2.56 bits per heavy atom. The topological polar surface area (TPSA) is 46.5 Å². The summed E-state index contributed by atoms with van der Waals surface area (Å²) in [6, 6.07) is 13.0. The van der Waals surface area contributed by atoms with Gasteiger partial charge in [-0.3, -0.25) is 0 Å². The Balaban J connectivity index is 1.32. The lowest BCUT2D eigenvalue weighted by Gasteiger charge is -2.54. The van der Waals surface area contributed by atoms with Gasteiger partial charge in [-0.05, 0) is 43.9 Å². The van der Waals surface area contributed by atoms with Gasteiger partial charge in [0.25, 0.3) is 0 Å². The number of hydrogen-bond acceptors (Lipinski definition) is 3. The Hall–Kier alpha value is -2.27. The highest BCUT2D eigenvalue weighted by Crippen LogP contribution is 2.48. The average molecular weight is 367 g/mol. The van der Waals surface area contributed by atoms with Gasteiger partial charge in [0.1, 0.15) is 6.61 Å². The Morgan fingerprint density at radius 1 is 1.22 bits per heavy atom. The number of ether oxygens (including phenoxy) is 1. The zero-order valence-corrected chi connectivity index (χ0v) is 16.2. The van der Waals surface area contributed by atoms with E-state index >= 15 is 0 Å². The summed E-state index contributed by atoms with van der Waals surface area (Å²) in [5, 5.41) is 3.62. The lowest BCUT2D eigenvalue weighted by Crippen LogP contribution is -2.60. The Bertz CT molecular complexity index is 776. The van der Waals surface area contributed by atoms with E-state index in [0.717, 1.165) is 38.0 Å². The molecule has 0 radical (unpaired) electrons. The maximum absolute atomic E-state index is 12.4. The first-order valence-electron chi connectivity index (χ1n) is 9.94. The molecule has 27 heavy (non-hydrogen) atoms. The molecule has 1 amide bonds. The average Bonchev–Trinajstić information content (AvgIpc) is 3.16. The maximum Gasteiger partial charge on any atom is 0.410 e. The number of likely N-dealkylation sites (tertiary alicyclic amines) is 1. The second-order valence-corrected chi connectivity index (χ2v) is 8.19.